The molecule has 0 fully saturated rings. The molecular weight excluding hydrogens is 328 g/mol. The van der Waals surface area contributed by atoms with Crippen molar-refractivity contribution < 1.29 is 4.74 Å². The maximum Gasteiger partial charge on any atom is 0.224 e. The van der Waals surface area contributed by atoms with Crippen molar-refractivity contribution in [2.24, 2.45) is 0 Å². The molecule has 1 aromatic heterocycles. The molecule has 0 saturated heterocycles. The van der Waals surface area contributed by atoms with Crippen molar-refractivity contribution in [2.75, 3.05) is 7.05 Å². The Kier molecular flexibility index (Phi) is 4.80. The summed E-state index contributed by atoms with van der Waals surface area (Å²) in [6.45, 7) is 2.06. The molecule has 19 heavy (non-hydrogen) atoms. The summed E-state index contributed by atoms with van der Waals surface area (Å²) in [7, 11) is 1.90. The van der Waals surface area contributed by atoms with Gasteiger partial charge >= 0.3 is 0 Å². The molecule has 0 aliphatic rings. The highest BCUT2D eigenvalue weighted by molar-refractivity contribution is 9.10. The van der Waals surface area contributed by atoms with Crippen molar-refractivity contribution in [3.8, 4) is 11.6 Å². The van der Waals surface area contributed by atoms with E-state index in [9.17, 15) is 0 Å². The molecular formula is C14H14BrClN2O. The third-order valence-corrected chi connectivity index (χ3v) is 3.66. The third-order valence-electron chi connectivity index (χ3n) is 2.80. The Bertz CT molecular complexity index is 577. The molecule has 2 rings (SSSR count). The Balaban J connectivity index is 2.33. The molecule has 0 amide bonds. The molecule has 3 nitrogen and oxygen atoms in total. The summed E-state index contributed by atoms with van der Waals surface area (Å²) in [6.07, 6.45) is 1.71. The lowest BCUT2D eigenvalue weighted by Gasteiger charge is -2.15. The topological polar surface area (TPSA) is 34.2 Å². The van der Waals surface area contributed by atoms with E-state index >= 15 is 0 Å². The Morgan fingerprint density at radius 2 is 2.16 bits per heavy atom. The predicted molar refractivity (Wildman–Crippen MR) is 80.9 cm³/mol. The lowest BCUT2D eigenvalue weighted by atomic mass is 10.1. The number of hydrogen-bond donors (Lipinski definition) is 1. The molecule has 0 bridgehead atoms. The van der Waals surface area contributed by atoms with Gasteiger partial charge in [-0.15, -0.1) is 0 Å². The summed E-state index contributed by atoms with van der Waals surface area (Å²) < 4.78 is 6.66. The van der Waals surface area contributed by atoms with Gasteiger partial charge in [0, 0.05) is 22.8 Å². The van der Waals surface area contributed by atoms with Crippen molar-refractivity contribution in [1.82, 2.24) is 10.3 Å². The van der Waals surface area contributed by atoms with E-state index in [-0.39, 0.29) is 6.04 Å². The van der Waals surface area contributed by atoms with Crippen LogP contribution in [0.3, 0.4) is 0 Å². The molecule has 0 saturated carbocycles. The lowest BCUT2D eigenvalue weighted by molar-refractivity contribution is 0.444. The van der Waals surface area contributed by atoms with Gasteiger partial charge in [-0.05, 0) is 54.2 Å². The van der Waals surface area contributed by atoms with Gasteiger partial charge < -0.3 is 10.1 Å². The molecule has 0 radical (unpaired) electrons. The van der Waals surface area contributed by atoms with E-state index in [1.807, 2.05) is 25.2 Å². The predicted octanol–water partition coefficient (Wildman–Crippen LogP) is 4.57. The smallest absolute Gasteiger partial charge is 0.224 e. The van der Waals surface area contributed by atoms with Crippen LogP contribution in [0.2, 0.25) is 5.02 Å². The highest BCUT2D eigenvalue weighted by Crippen LogP contribution is 2.33. The number of nitrogens with one attached hydrogen (secondary N) is 1. The molecule has 0 spiro atoms. The fourth-order valence-corrected chi connectivity index (χ4v) is 2.40. The first-order chi connectivity index (χ1) is 9.11. The SMILES string of the molecule is CNC(C)c1cccnc1Oc1ccc(Cl)cc1Br. The van der Waals surface area contributed by atoms with E-state index < -0.39 is 0 Å². The van der Waals surface area contributed by atoms with Gasteiger partial charge in [-0.2, -0.15) is 0 Å². The van der Waals surface area contributed by atoms with Crippen molar-refractivity contribution in [1.29, 1.82) is 0 Å². The van der Waals surface area contributed by atoms with Crippen LogP contribution in [-0.4, -0.2) is 12.0 Å². The van der Waals surface area contributed by atoms with Gasteiger partial charge in [-0.25, -0.2) is 4.98 Å². The second-order valence-corrected chi connectivity index (χ2v) is 5.38. The van der Waals surface area contributed by atoms with Crippen LogP contribution in [0, 0.1) is 0 Å². The first kappa shape index (κ1) is 14.3. The molecule has 1 aromatic carbocycles. The van der Waals surface area contributed by atoms with E-state index in [0.29, 0.717) is 16.7 Å². The van der Waals surface area contributed by atoms with Gasteiger partial charge in [-0.1, -0.05) is 17.7 Å². The number of rotatable bonds is 4. The van der Waals surface area contributed by atoms with Gasteiger partial charge in [-0.3, -0.25) is 0 Å². The van der Waals surface area contributed by atoms with Gasteiger partial charge in [0.25, 0.3) is 0 Å². The van der Waals surface area contributed by atoms with E-state index in [4.69, 9.17) is 16.3 Å². The van der Waals surface area contributed by atoms with E-state index in [0.717, 1.165) is 10.0 Å². The zero-order chi connectivity index (χ0) is 13.8. The maximum absolute atomic E-state index is 5.91. The van der Waals surface area contributed by atoms with Crippen LogP contribution in [0.5, 0.6) is 11.6 Å². The zero-order valence-corrected chi connectivity index (χ0v) is 13.0. The molecule has 5 heteroatoms. The van der Waals surface area contributed by atoms with E-state index in [1.54, 1.807) is 18.3 Å². The fraction of sp³-hybridized carbons (Fsp3) is 0.214. The summed E-state index contributed by atoms with van der Waals surface area (Å²) in [5, 5.41) is 3.83. The van der Waals surface area contributed by atoms with Crippen LogP contribution in [0.15, 0.2) is 41.0 Å². The summed E-state index contributed by atoms with van der Waals surface area (Å²) >= 11 is 9.34. The summed E-state index contributed by atoms with van der Waals surface area (Å²) in [6, 6.07) is 9.44. The number of nitrogens with zero attached hydrogens (tertiary/aromatic N) is 1. The Labute approximate surface area is 126 Å². The van der Waals surface area contributed by atoms with Gasteiger partial charge in [0.15, 0.2) is 0 Å². The summed E-state index contributed by atoms with van der Waals surface area (Å²) in [5.74, 6) is 1.28. The number of ether oxygens (including phenoxy) is 1. The largest absolute Gasteiger partial charge is 0.437 e. The van der Waals surface area contributed by atoms with E-state index in [1.165, 1.54) is 0 Å². The lowest BCUT2D eigenvalue weighted by Crippen LogP contribution is -2.13. The highest BCUT2D eigenvalue weighted by atomic mass is 79.9. The Hall–Kier alpha value is -1.10. The van der Waals surface area contributed by atoms with Crippen molar-refractivity contribution >= 4 is 27.5 Å². The molecule has 1 N–H and O–H groups in total. The van der Waals surface area contributed by atoms with Crippen LogP contribution in [0.1, 0.15) is 18.5 Å². The Morgan fingerprint density at radius 3 is 2.84 bits per heavy atom. The second-order valence-electron chi connectivity index (χ2n) is 4.08. The number of benzene rings is 1. The fourth-order valence-electron chi connectivity index (χ4n) is 1.64. The van der Waals surface area contributed by atoms with Crippen molar-refractivity contribution in [3.05, 3.63) is 51.6 Å². The normalized spacial score (nSPS) is 12.2. The van der Waals surface area contributed by atoms with Gasteiger partial charge in [0.1, 0.15) is 5.75 Å². The first-order valence-electron chi connectivity index (χ1n) is 5.87. The maximum atomic E-state index is 5.91. The molecule has 0 aliphatic heterocycles. The van der Waals surface area contributed by atoms with Crippen LogP contribution >= 0.6 is 27.5 Å². The van der Waals surface area contributed by atoms with Crippen LogP contribution < -0.4 is 10.1 Å². The minimum atomic E-state index is 0.162. The molecule has 100 valence electrons. The molecule has 0 aliphatic carbocycles. The van der Waals surface area contributed by atoms with Crippen molar-refractivity contribution in [3.63, 3.8) is 0 Å². The molecule has 1 unspecified atom stereocenters. The Morgan fingerprint density at radius 1 is 1.37 bits per heavy atom. The second kappa shape index (κ2) is 6.37. The minimum Gasteiger partial charge on any atom is -0.437 e. The first-order valence-corrected chi connectivity index (χ1v) is 7.04. The van der Waals surface area contributed by atoms with Gasteiger partial charge in [0.05, 0.1) is 4.47 Å². The monoisotopic (exact) mass is 340 g/mol. The molecule has 1 heterocycles. The standard InChI is InChI=1S/C14H14BrClN2O/c1-9(17-2)11-4-3-7-18-14(11)19-13-6-5-10(16)8-12(13)15/h3-9,17H,1-2H3. The number of hydrogen-bond acceptors (Lipinski definition) is 3. The number of pyridine rings is 1. The van der Waals surface area contributed by atoms with Crippen LogP contribution in [0.4, 0.5) is 0 Å². The van der Waals surface area contributed by atoms with Gasteiger partial charge in [0.2, 0.25) is 5.88 Å². The third kappa shape index (κ3) is 3.47. The average molecular weight is 342 g/mol. The quantitative estimate of drug-likeness (QED) is 0.884. The average Bonchev–Trinajstić information content (AvgIpc) is 2.41. The summed E-state index contributed by atoms with van der Waals surface area (Å²) in [4.78, 5) is 4.29. The minimum absolute atomic E-state index is 0.162. The number of aromatic nitrogens is 1. The van der Waals surface area contributed by atoms with Crippen molar-refractivity contribution in [2.45, 2.75) is 13.0 Å². The van der Waals surface area contributed by atoms with E-state index in [2.05, 4.69) is 33.2 Å². The molecule has 2 aromatic rings. The summed E-state index contributed by atoms with van der Waals surface area (Å²) in [5.41, 5.74) is 1.01. The van der Waals surface area contributed by atoms with Crippen LogP contribution in [-0.2, 0) is 0 Å². The number of halogens is 2. The highest BCUT2D eigenvalue weighted by Gasteiger charge is 2.13. The molecule has 1 atom stereocenters. The van der Waals surface area contributed by atoms with Crippen LogP contribution in [0.25, 0.3) is 0 Å². The zero-order valence-electron chi connectivity index (χ0n) is 10.7.